The minimum Gasteiger partial charge on any atom is -0.312 e. The molecule has 0 bridgehead atoms. The van der Waals surface area contributed by atoms with E-state index in [1.54, 1.807) is 6.20 Å². The maximum Gasteiger partial charge on any atom is 0.0722 e. The lowest BCUT2D eigenvalue weighted by atomic mass is 10.2. The van der Waals surface area contributed by atoms with Crippen LogP contribution in [0.15, 0.2) is 6.20 Å². The number of aryl methyl sites for hydroxylation is 1. The van der Waals surface area contributed by atoms with E-state index in [-0.39, 0.29) is 0 Å². The van der Waals surface area contributed by atoms with Gasteiger partial charge in [0.15, 0.2) is 0 Å². The minimum atomic E-state index is 0.602. The van der Waals surface area contributed by atoms with Crippen molar-refractivity contribution >= 4 is 0 Å². The first-order chi connectivity index (χ1) is 5.86. The monoisotopic (exact) mass is 166 g/mol. The van der Waals surface area contributed by atoms with Crippen LogP contribution >= 0.6 is 0 Å². The van der Waals surface area contributed by atoms with Gasteiger partial charge < -0.3 is 5.32 Å². The van der Waals surface area contributed by atoms with Crippen LogP contribution in [-0.4, -0.2) is 27.6 Å². The van der Waals surface area contributed by atoms with E-state index in [1.807, 2.05) is 11.6 Å². The van der Waals surface area contributed by atoms with E-state index in [0.29, 0.717) is 6.04 Å². The number of nitrogens with zero attached hydrogens (tertiary/aromatic N) is 3. The molecule has 1 atom stereocenters. The second-order valence-electron chi connectivity index (χ2n) is 3.35. The summed E-state index contributed by atoms with van der Waals surface area (Å²) in [5, 5.41) is 11.3. The second-order valence-corrected chi connectivity index (χ2v) is 3.35. The van der Waals surface area contributed by atoms with Crippen molar-refractivity contribution in [3.63, 3.8) is 0 Å². The Morgan fingerprint density at radius 2 is 2.67 bits per heavy atom. The predicted octanol–water partition coefficient (Wildman–Crippen LogP) is 0.339. The summed E-state index contributed by atoms with van der Waals surface area (Å²) < 4.78 is 1.96. The molecule has 12 heavy (non-hydrogen) atoms. The number of rotatable bonds is 2. The lowest BCUT2D eigenvalue weighted by Crippen LogP contribution is -2.27. The van der Waals surface area contributed by atoms with Gasteiger partial charge in [0.05, 0.1) is 18.4 Å². The van der Waals surface area contributed by atoms with Crippen LogP contribution in [0.3, 0.4) is 0 Å². The van der Waals surface area contributed by atoms with Crippen LogP contribution < -0.4 is 5.32 Å². The van der Waals surface area contributed by atoms with Crippen molar-refractivity contribution in [3.8, 4) is 0 Å². The molecule has 4 heteroatoms. The predicted molar refractivity (Wildman–Crippen MR) is 45.8 cm³/mol. The molecule has 0 spiro atoms. The van der Waals surface area contributed by atoms with Gasteiger partial charge in [-0.3, -0.25) is 0 Å². The average molecular weight is 166 g/mol. The van der Waals surface area contributed by atoms with E-state index < -0.39 is 0 Å². The number of hydrogen-bond acceptors (Lipinski definition) is 3. The largest absolute Gasteiger partial charge is 0.312 e. The van der Waals surface area contributed by atoms with Crippen molar-refractivity contribution in [2.75, 3.05) is 6.54 Å². The summed E-state index contributed by atoms with van der Waals surface area (Å²) in [6.45, 7) is 4.15. The Labute approximate surface area is 72.0 Å². The molecule has 66 valence electrons. The zero-order valence-corrected chi connectivity index (χ0v) is 7.32. The van der Waals surface area contributed by atoms with Crippen LogP contribution in [0.2, 0.25) is 0 Å². The van der Waals surface area contributed by atoms with Gasteiger partial charge in [0, 0.05) is 6.04 Å². The van der Waals surface area contributed by atoms with Gasteiger partial charge in [-0.15, -0.1) is 5.10 Å². The number of nitrogens with one attached hydrogen (secondary N) is 1. The highest BCUT2D eigenvalue weighted by Crippen LogP contribution is 2.07. The van der Waals surface area contributed by atoms with Crippen molar-refractivity contribution in [1.29, 1.82) is 0 Å². The lowest BCUT2D eigenvalue weighted by molar-refractivity contribution is 0.460. The normalized spacial score (nSPS) is 23.2. The van der Waals surface area contributed by atoms with E-state index in [2.05, 4.69) is 15.6 Å². The fraction of sp³-hybridized carbons (Fsp3) is 0.750. The Balaban J connectivity index is 1.98. The highest BCUT2D eigenvalue weighted by molar-refractivity contribution is 4.90. The molecule has 1 aliphatic rings. The first kappa shape index (κ1) is 7.73. The lowest BCUT2D eigenvalue weighted by Gasteiger charge is -2.10. The standard InChI is InChI=1S/C8H14N4/c1-7-5-10-11-12(7)6-8-3-2-4-9-8/h5,8-9H,2-4,6H2,1H3. The highest BCUT2D eigenvalue weighted by Gasteiger charge is 2.15. The van der Waals surface area contributed by atoms with Crippen molar-refractivity contribution in [2.24, 2.45) is 0 Å². The Morgan fingerprint density at radius 3 is 3.25 bits per heavy atom. The quantitative estimate of drug-likeness (QED) is 0.689. The number of hydrogen-bond donors (Lipinski definition) is 1. The van der Waals surface area contributed by atoms with Gasteiger partial charge in [-0.05, 0) is 26.3 Å². The van der Waals surface area contributed by atoms with E-state index in [9.17, 15) is 0 Å². The first-order valence-corrected chi connectivity index (χ1v) is 4.45. The zero-order chi connectivity index (χ0) is 8.39. The molecule has 0 radical (unpaired) electrons. The summed E-state index contributed by atoms with van der Waals surface area (Å²) in [6, 6.07) is 0.602. The molecule has 1 N–H and O–H groups in total. The van der Waals surface area contributed by atoms with Crippen molar-refractivity contribution in [2.45, 2.75) is 32.4 Å². The van der Waals surface area contributed by atoms with E-state index in [4.69, 9.17) is 0 Å². The molecule has 0 aliphatic carbocycles. The Morgan fingerprint density at radius 1 is 1.75 bits per heavy atom. The van der Waals surface area contributed by atoms with Crippen LogP contribution in [0.4, 0.5) is 0 Å². The third-order valence-electron chi connectivity index (χ3n) is 2.37. The molecule has 1 aromatic rings. The fourth-order valence-corrected chi connectivity index (χ4v) is 1.61. The van der Waals surface area contributed by atoms with E-state index in [0.717, 1.165) is 18.8 Å². The van der Waals surface area contributed by atoms with E-state index in [1.165, 1.54) is 12.8 Å². The third-order valence-corrected chi connectivity index (χ3v) is 2.37. The summed E-state index contributed by atoms with van der Waals surface area (Å²) in [6.07, 6.45) is 4.35. The van der Waals surface area contributed by atoms with Crippen LogP contribution in [0, 0.1) is 6.92 Å². The molecule has 1 fully saturated rings. The summed E-state index contributed by atoms with van der Waals surface area (Å²) in [4.78, 5) is 0. The smallest absolute Gasteiger partial charge is 0.0722 e. The van der Waals surface area contributed by atoms with Gasteiger partial charge in [-0.25, -0.2) is 4.68 Å². The Hall–Kier alpha value is -0.900. The summed E-state index contributed by atoms with van der Waals surface area (Å²) in [5.41, 5.74) is 1.14. The van der Waals surface area contributed by atoms with Gasteiger partial charge in [0.25, 0.3) is 0 Å². The molecule has 2 heterocycles. The molecule has 1 saturated heterocycles. The zero-order valence-electron chi connectivity index (χ0n) is 7.32. The van der Waals surface area contributed by atoms with E-state index >= 15 is 0 Å². The van der Waals surface area contributed by atoms with Crippen LogP contribution in [0.5, 0.6) is 0 Å². The molecule has 4 nitrogen and oxygen atoms in total. The van der Waals surface area contributed by atoms with Crippen molar-refractivity contribution in [3.05, 3.63) is 11.9 Å². The molecular weight excluding hydrogens is 152 g/mol. The highest BCUT2D eigenvalue weighted by atomic mass is 15.4. The topological polar surface area (TPSA) is 42.7 Å². The first-order valence-electron chi connectivity index (χ1n) is 4.45. The third kappa shape index (κ3) is 1.48. The molecule has 0 aromatic carbocycles. The minimum absolute atomic E-state index is 0.602. The molecule has 0 saturated carbocycles. The number of aromatic nitrogens is 3. The van der Waals surface area contributed by atoms with Crippen LogP contribution in [0.25, 0.3) is 0 Å². The molecule has 1 unspecified atom stereocenters. The fourth-order valence-electron chi connectivity index (χ4n) is 1.61. The van der Waals surface area contributed by atoms with Crippen molar-refractivity contribution in [1.82, 2.24) is 20.3 Å². The molecular formula is C8H14N4. The second kappa shape index (κ2) is 3.23. The van der Waals surface area contributed by atoms with Crippen LogP contribution in [0.1, 0.15) is 18.5 Å². The Bertz CT molecular complexity index is 249. The van der Waals surface area contributed by atoms with Crippen LogP contribution in [-0.2, 0) is 6.54 Å². The van der Waals surface area contributed by atoms with Gasteiger partial charge in [0.2, 0.25) is 0 Å². The molecule has 1 aromatic heterocycles. The Kier molecular flexibility index (Phi) is 2.08. The summed E-state index contributed by atoms with van der Waals surface area (Å²) in [5.74, 6) is 0. The SMILES string of the molecule is Cc1cnnn1CC1CCCN1. The van der Waals surface area contributed by atoms with Gasteiger partial charge >= 0.3 is 0 Å². The van der Waals surface area contributed by atoms with Gasteiger partial charge in [0.1, 0.15) is 0 Å². The molecule has 1 aliphatic heterocycles. The van der Waals surface area contributed by atoms with Crippen molar-refractivity contribution < 1.29 is 0 Å². The maximum absolute atomic E-state index is 4.01. The molecule has 0 amide bonds. The summed E-state index contributed by atoms with van der Waals surface area (Å²) >= 11 is 0. The average Bonchev–Trinajstić information content (AvgIpc) is 2.65. The summed E-state index contributed by atoms with van der Waals surface area (Å²) in [7, 11) is 0. The van der Waals surface area contributed by atoms with Gasteiger partial charge in [-0.1, -0.05) is 5.21 Å². The molecule has 2 rings (SSSR count). The van der Waals surface area contributed by atoms with Gasteiger partial charge in [-0.2, -0.15) is 0 Å². The maximum atomic E-state index is 4.01.